The molecule has 1 unspecified atom stereocenters. The van der Waals surface area contributed by atoms with Gasteiger partial charge >= 0.3 is 0 Å². The van der Waals surface area contributed by atoms with Crippen molar-refractivity contribution in [3.05, 3.63) is 112 Å². The molecule has 4 aromatic rings. The van der Waals surface area contributed by atoms with Crippen LogP contribution in [0.2, 0.25) is 0 Å². The first-order chi connectivity index (χ1) is 20.0. The Morgan fingerprint density at radius 1 is 1.05 bits per heavy atom. The Kier molecular flexibility index (Phi) is 8.21. The number of rotatable bonds is 9. The topological polar surface area (TPSA) is 138 Å². The van der Waals surface area contributed by atoms with Gasteiger partial charge in [0.2, 0.25) is 5.95 Å². The van der Waals surface area contributed by atoms with Gasteiger partial charge < -0.3 is 25.7 Å². The molecule has 208 valence electrons. The lowest BCUT2D eigenvalue weighted by Crippen LogP contribution is -2.33. The van der Waals surface area contributed by atoms with Gasteiger partial charge in [0.25, 0.3) is 5.91 Å². The van der Waals surface area contributed by atoms with Crippen molar-refractivity contribution >= 4 is 30.0 Å². The lowest BCUT2D eigenvalue weighted by atomic mass is 9.93. The van der Waals surface area contributed by atoms with Gasteiger partial charge in [0.05, 0.1) is 13.3 Å². The Morgan fingerprint density at radius 3 is 2.59 bits per heavy atom. The predicted molar refractivity (Wildman–Crippen MR) is 157 cm³/mol. The fraction of sp³-hybridized carbons (Fsp3) is 0.161. The summed E-state index contributed by atoms with van der Waals surface area (Å²) >= 11 is 0. The van der Waals surface area contributed by atoms with Gasteiger partial charge in [0.1, 0.15) is 11.9 Å². The molecular formula is C31H30N6O4. The summed E-state index contributed by atoms with van der Waals surface area (Å²) in [5.74, 6) is 0.983. The third-order valence-corrected chi connectivity index (χ3v) is 6.60. The molecule has 0 bridgehead atoms. The Hall–Kier alpha value is -5.22. The van der Waals surface area contributed by atoms with E-state index < -0.39 is 0 Å². The van der Waals surface area contributed by atoms with Gasteiger partial charge in [-0.05, 0) is 34.9 Å². The van der Waals surface area contributed by atoms with Crippen molar-refractivity contribution in [2.24, 2.45) is 5.10 Å². The average molecular weight is 551 g/mol. The van der Waals surface area contributed by atoms with Crippen LogP contribution in [0.15, 0.2) is 84.1 Å². The van der Waals surface area contributed by atoms with Crippen LogP contribution in [0.1, 0.15) is 39.4 Å². The number of nitrogens with two attached hydrogens (primary N) is 2. The van der Waals surface area contributed by atoms with Crippen molar-refractivity contribution < 1.29 is 19.0 Å². The predicted octanol–water partition coefficient (Wildman–Crippen LogP) is 4.20. The number of benzene rings is 3. The molecule has 0 saturated heterocycles. The van der Waals surface area contributed by atoms with E-state index >= 15 is 0 Å². The van der Waals surface area contributed by atoms with E-state index in [0.29, 0.717) is 34.9 Å². The molecule has 5 rings (SSSR count). The van der Waals surface area contributed by atoms with Crippen LogP contribution in [0.4, 0.5) is 11.8 Å². The quantitative estimate of drug-likeness (QED) is 0.234. The van der Waals surface area contributed by atoms with Gasteiger partial charge in [-0.3, -0.25) is 4.79 Å². The summed E-state index contributed by atoms with van der Waals surface area (Å²) < 4.78 is 16.6. The molecule has 0 aliphatic carbocycles. The van der Waals surface area contributed by atoms with Crippen molar-refractivity contribution in [1.82, 2.24) is 15.0 Å². The van der Waals surface area contributed by atoms with Gasteiger partial charge in [0, 0.05) is 42.5 Å². The molecule has 10 heteroatoms. The monoisotopic (exact) mass is 550 g/mol. The van der Waals surface area contributed by atoms with Crippen LogP contribution >= 0.6 is 0 Å². The molecule has 1 aliphatic heterocycles. The molecule has 0 radical (unpaired) electrons. The Labute approximate surface area is 237 Å². The molecule has 0 saturated carbocycles. The normalized spacial score (nSPS) is 14.2. The van der Waals surface area contributed by atoms with Gasteiger partial charge in [0.15, 0.2) is 18.3 Å². The van der Waals surface area contributed by atoms with E-state index in [4.69, 9.17) is 25.7 Å². The van der Waals surface area contributed by atoms with Gasteiger partial charge in [-0.2, -0.15) is 10.1 Å². The molecule has 1 aromatic heterocycles. The van der Waals surface area contributed by atoms with Crippen LogP contribution in [0.25, 0.3) is 6.08 Å². The van der Waals surface area contributed by atoms with Crippen LogP contribution in [0.3, 0.4) is 0 Å². The number of hydrogen-bond acceptors (Lipinski definition) is 9. The number of amides is 1. The highest BCUT2D eigenvalue weighted by Gasteiger charge is 2.29. The van der Waals surface area contributed by atoms with Crippen LogP contribution < -0.4 is 20.9 Å². The molecule has 3 aromatic carbocycles. The zero-order chi connectivity index (χ0) is 28.8. The number of nitrogen functional groups attached to an aromatic ring is 2. The summed E-state index contributed by atoms with van der Waals surface area (Å²) in [6, 6.07) is 21.1. The number of methoxy groups -OCH3 is 2. The minimum Gasteiger partial charge on any atom is -0.493 e. The molecule has 1 amide bonds. The van der Waals surface area contributed by atoms with Gasteiger partial charge in [-0.25, -0.2) is 9.99 Å². The number of anilines is 2. The maximum absolute atomic E-state index is 13.7. The molecule has 0 spiro atoms. The smallest absolute Gasteiger partial charge is 0.267 e. The molecule has 2 heterocycles. The number of hydrogen-bond donors (Lipinski definition) is 2. The average Bonchev–Trinajstić information content (AvgIpc) is 3.00. The van der Waals surface area contributed by atoms with Crippen molar-refractivity contribution in [1.29, 1.82) is 0 Å². The number of carbonyl (C=O) groups excluding carboxylic acids is 1. The Bertz CT molecular complexity index is 1610. The summed E-state index contributed by atoms with van der Waals surface area (Å²) in [5, 5.41) is 6.01. The molecule has 10 nitrogen and oxygen atoms in total. The second-order valence-corrected chi connectivity index (χ2v) is 9.29. The molecular weight excluding hydrogens is 520 g/mol. The van der Waals surface area contributed by atoms with E-state index in [1.54, 1.807) is 25.6 Å². The SMILES string of the molecule is COCOc1c(C=CC(=O)N2N=Cc3ccccc3C2c2ccccc2)cc(Cc2cnc(N)nc2N)cc1OC. The maximum Gasteiger partial charge on any atom is 0.267 e. The van der Waals surface area contributed by atoms with Crippen molar-refractivity contribution in [2.45, 2.75) is 12.5 Å². The first kappa shape index (κ1) is 27.4. The van der Waals surface area contributed by atoms with Gasteiger partial charge in [-0.15, -0.1) is 0 Å². The zero-order valence-electron chi connectivity index (χ0n) is 22.7. The summed E-state index contributed by atoms with van der Waals surface area (Å²) in [5.41, 5.74) is 16.8. The van der Waals surface area contributed by atoms with Gasteiger partial charge in [-0.1, -0.05) is 54.6 Å². The van der Waals surface area contributed by atoms with Crippen molar-refractivity contribution in [3.63, 3.8) is 0 Å². The van der Waals surface area contributed by atoms with Crippen LogP contribution in [-0.2, 0) is 16.0 Å². The third kappa shape index (κ3) is 6.02. The lowest BCUT2D eigenvalue weighted by molar-refractivity contribution is -0.127. The van der Waals surface area contributed by atoms with Crippen LogP contribution in [0.5, 0.6) is 11.5 Å². The third-order valence-electron chi connectivity index (χ3n) is 6.60. The maximum atomic E-state index is 13.7. The molecule has 1 atom stereocenters. The summed E-state index contributed by atoms with van der Waals surface area (Å²) in [6.45, 7) is -0.00741. The molecule has 41 heavy (non-hydrogen) atoms. The van der Waals surface area contributed by atoms with Crippen molar-refractivity contribution in [2.75, 3.05) is 32.5 Å². The summed E-state index contributed by atoms with van der Waals surface area (Å²) in [4.78, 5) is 21.8. The van der Waals surface area contributed by atoms with Crippen molar-refractivity contribution in [3.8, 4) is 11.5 Å². The second kappa shape index (κ2) is 12.3. The van der Waals surface area contributed by atoms with E-state index in [0.717, 1.165) is 22.3 Å². The molecule has 1 aliphatic rings. The van der Waals surface area contributed by atoms with Crippen LogP contribution in [-0.4, -0.2) is 48.1 Å². The summed E-state index contributed by atoms with van der Waals surface area (Å²) in [6.07, 6.45) is 6.86. The Morgan fingerprint density at radius 2 is 1.83 bits per heavy atom. The fourth-order valence-electron chi connectivity index (χ4n) is 4.70. The first-order valence-corrected chi connectivity index (χ1v) is 12.9. The number of fused-ring (bicyclic) bond motifs is 1. The highest BCUT2D eigenvalue weighted by molar-refractivity contribution is 5.95. The number of hydrazone groups is 1. The number of aromatic nitrogens is 2. The van der Waals surface area contributed by atoms with E-state index in [1.165, 1.54) is 18.2 Å². The minimum absolute atomic E-state index is 0.00741. The molecule has 0 fully saturated rings. The van der Waals surface area contributed by atoms with E-state index in [9.17, 15) is 4.79 Å². The highest BCUT2D eigenvalue weighted by atomic mass is 16.7. The minimum atomic E-state index is -0.381. The first-order valence-electron chi connectivity index (χ1n) is 12.9. The van der Waals surface area contributed by atoms with E-state index in [-0.39, 0.29) is 24.7 Å². The molecule has 4 N–H and O–H groups in total. The lowest BCUT2D eigenvalue weighted by Gasteiger charge is -2.31. The number of ether oxygens (including phenoxy) is 3. The van der Waals surface area contributed by atoms with Crippen LogP contribution in [0, 0.1) is 0 Å². The highest BCUT2D eigenvalue weighted by Crippen LogP contribution is 2.36. The fourth-order valence-corrected chi connectivity index (χ4v) is 4.70. The Balaban J connectivity index is 1.50. The second-order valence-electron chi connectivity index (χ2n) is 9.29. The van der Waals surface area contributed by atoms with E-state index in [2.05, 4.69) is 15.1 Å². The largest absolute Gasteiger partial charge is 0.493 e. The van der Waals surface area contributed by atoms with E-state index in [1.807, 2.05) is 66.7 Å². The zero-order valence-corrected chi connectivity index (χ0v) is 22.7. The number of carbonyl (C=O) groups is 1. The summed E-state index contributed by atoms with van der Waals surface area (Å²) in [7, 11) is 3.07. The number of nitrogens with zero attached hydrogens (tertiary/aromatic N) is 4. The standard InChI is InChI=1S/C31H30N6O4/c1-39-19-41-29-22(14-20(16-26(29)40-2)15-24-17-34-31(33)36-30(24)32)12-13-27(38)37-28(21-8-4-3-5-9-21)25-11-7-6-10-23(25)18-35-37/h3-14,16-18,28H,15,19H2,1-2H3,(H4,32,33,34,36).